The Balaban J connectivity index is 1.53. The monoisotopic (exact) mass is 417 g/mol. The molecule has 1 aliphatic heterocycles. The van der Waals surface area contributed by atoms with Crippen LogP contribution >= 0.6 is 11.8 Å². The molecule has 6 heteroatoms. The number of aromatic amines is 1. The Hall–Kier alpha value is -3.12. The first-order chi connectivity index (χ1) is 14.7. The van der Waals surface area contributed by atoms with Crippen LogP contribution in [0.3, 0.4) is 0 Å². The predicted molar refractivity (Wildman–Crippen MR) is 117 cm³/mol. The highest BCUT2D eigenvalue weighted by Crippen LogP contribution is 2.39. The van der Waals surface area contributed by atoms with Crippen molar-refractivity contribution in [3.8, 4) is 0 Å². The predicted octanol–water partition coefficient (Wildman–Crippen LogP) is 4.97. The Bertz CT molecular complexity index is 1210. The smallest absolute Gasteiger partial charge is 0.233 e. The van der Waals surface area contributed by atoms with E-state index in [0.717, 1.165) is 28.0 Å². The average molecular weight is 418 g/mol. The van der Waals surface area contributed by atoms with E-state index in [1.807, 2.05) is 42.5 Å². The maximum Gasteiger partial charge on any atom is 0.233 e. The number of nitrogens with zero attached hydrogens (tertiary/aromatic N) is 2. The SMILES string of the molecule is O=C(CSc1ccccn1)N1CCc2c([nH]c3ccccc23)[C@@H]1c1ccccc1F. The number of halogens is 1. The van der Waals surface area contributed by atoms with Gasteiger partial charge in [-0.15, -0.1) is 0 Å². The van der Waals surface area contributed by atoms with Crippen LogP contribution in [0.25, 0.3) is 10.9 Å². The first-order valence-corrected chi connectivity index (χ1v) is 10.9. The average Bonchev–Trinajstić information content (AvgIpc) is 3.17. The van der Waals surface area contributed by atoms with Gasteiger partial charge in [-0.2, -0.15) is 0 Å². The Kier molecular flexibility index (Phi) is 5.01. The zero-order valence-electron chi connectivity index (χ0n) is 16.2. The fraction of sp³-hybridized carbons (Fsp3) is 0.167. The maximum absolute atomic E-state index is 14.8. The fourth-order valence-electron chi connectivity index (χ4n) is 4.18. The summed E-state index contributed by atoms with van der Waals surface area (Å²) in [5, 5.41) is 1.94. The van der Waals surface area contributed by atoms with Crippen molar-refractivity contribution >= 4 is 28.6 Å². The normalized spacial score (nSPS) is 15.9. The minimum atomic E-state index is -0.473. The van der Waals surface area contributed by atoms with Crippen molar-refractivity contribution in [2.75, 3.05) is 12.3 Å². The van der Waals surface area contributed by atoms with Crippen LogP contribution in [0.15, 0.2) is 78.0 Å². The standard InChI is InChI=1S/C24H20FN3OS/c25-19-9-3-1-8-18(19)24-23-17(16-7-2-4-10-20(16)27-23)12-14-28(24)22(29)15-30-21-11-5-6-13-26-21/h1-11,13,24,27H,12,14-15H2/t24-/m0/s1. The molecule has 0 spiro atoms. The molecule has 2 aromatic carbocycles. The number of amides is 1. The fourth-order valence-corrected chi connectivity index (χ4v) is 4.93. The van der Waals surface area contributed by atoms with E-state index in [2.05, 4.69) is 16.0 Å². The summed E-state index contributed by atoms with van der Waals surface area (Å²) < 4.78 is 14.8. The number of rotatable bonds is 4. The lowest BCUT2D eigenvalue weighted by Crippen LogP contribution is -2.41. The molecule has 1 aliphatic rings. The summed E-state index contributed by atoms with van der Waals surface area (Å²) in [5.74, 6) is -0.0650. The van der Waals surface area contributed by atoms with Gasteiger partial charge in [-0.1, -0.05) is 54.2 Å². The molecule has 0 radical (unpaired) electrons. The number of fused-ring (bicyclic) bond motifs is 3. The Morgan fingerprint density at radius 3 is 2.73 bits per heavy atom. The van der Waals surface area contributed by atoms with Gasteiger partial charge in [0.15, 0.2) is 0 Å². The van der Waals surface area contributed by atoms with Crippen molar-refractivity contribution in [1.82, 2.24) is 14.9 Å². The van der Waals surface area contributed by atoms with Gasteiger partial charge in [-0.05, 0) is 36.2 Å². The summed E-state index contributed by atoms with van der Waals surface area (Å²) in [5.41, 5.74) is 3.60. The van der Waals surface area contributed by atoms with Gasteiger partial charge in [0.25, 0.3) is 0 Å². The third-order valence-corrected chi connectivity index (χ3v) is 6.46. The first kappa shape index (κ1) is 18.9. The number of thioether (sulfide) groups is 1. The molecule has 0 bridgehead atoms. The lowest BCUT2D eigenvalue weighted by Gasteiger charge is -2.36. The van der Waals surface area contributed by atoms with Crippen LogP contribution in [0.2, 0.25) is 0 Å². The van der Waals surface area contributed by atoms with Crippen LogP contribution in [0, 0.1) is 5.82 Å². The molecular weight excluding hydrogens is 397 g/mol. The summed E-state index contributed by atoms with van der Waals surface area (Å²) in [6, 6.07) is 20.0. The van der Waals surface area contributed by atoms with Gasteiger partial charge >= 0.3 is 0 Å². The summed E-state index contributed by atoms with van der Waals surface area (Å²) >= 11 is 1.40. The number of para-hydroxylation sites is 1. The van der Waals surface area contributed by atoms with E-state index in [1.54, 1.807) is 23.2 Å². The number of hydrogen-bond donors (Lipinski definition) is 1. The molecule has 2 aromatic heterocycles. The van der Waals surface area contributed by atoms with E-state index < -0.39 is 6.04 Å². The molecular formula is C24H20FN3OS. The van der Waals surface area contributed by atoms with Gasteiger partial charge in [-0.3, -0.25) is 4.79 Å². The molecule has 1 atom stereocenters. The first-order valence-electron chi connectivity index (χ1n) is 9.89. The van der Waals surface area contributed by atoms with Crippen LogP contribution in [0.5, 0.6) is 0 Å². The van der Waals surface area contributed by atoms with Crippen LogP contribution < -0.4 is 0 Å². The second-order valence-corrected chi connectivity index (χ2v) is 8.28. The van der Waals surface area contributed by atoms with Gasteiger partial charge in [0.05, 0.1) is 10.8 Å². The number of nitrogens with one attached hydrogen (secondary N) is 1. The summed E-state index contributed by atoms with van der Waals surface area (Å²) in [4.78, 5) is 22.8. The minimum Gasteiger partial charge on any atom is -0.356 e. The third-order valence-electron chi connectivity index (χ3n) is 5.54. The Labute approximate surface area is 178 Å². The molecule has 4 aromatic rings. The van der Waals surface area contributed by atoms with E-state index >= 15 is 0 Å². The second kappa shape index (κ2) is 7.95. The largest absolute Gasteiger partial charge is 0.356 e. The van der Waals surface area contributed by atoms with E-state index in [9.17, 15) is 9.18 Å². The van der Waals surface area contributed by atoms with E-state index in [4.69, 9.17) is 0 Å². The van der Waals surface area contributed by atoms with Crippen molar-refractivity contribution in [1.29, 1.82) is 0 Å². The zero-order valence-corrected chi connectivity index (χ0v) is 17.0. The van der Waals surface area contributed by atoms with Crippen LogP contribution in [-0.4, -0.2) is 33.1 Å². The molecule has 0 aliphatic carbocycles. The van der Waals surface area contributed by atoms with E-state index in [0.29, 0.717) is 12.1 Å². The molecule has 150 valence electrons. The quantitative estimate of drug-likeness (QED) is 0.477. The van der Waals surface area contributed by atoms with Gasteiger partial charge < -0.3 is 9.88 Å². The van der Waals surface area contributed by atoms with Crippen LogP contribution in [-0.2, 0) is 11.2 Å². The Morgan fingerprint density at radius 1 is 1.10 bits per heavy atom. The summed E-state index contributed by atoms with van der Waals surface area (Å²) in [7, 11) is 0. The van der Waals surface area contributed by atoms with Crippen LogP contribution in [0.4, 0.5) is 4.39 Å². The number of hydrogen-bond acceptors (Lipinski definition) is 3. The molecule has 30 heavy (non-hydrogen) atoms. The zero-order chi connectivity index (χ0) is 20.5. The van der Waals surface area contributed by atoms with Crippen molar-refractivity contribution in [2.24, 2.45) is 0 Å². The number of benzene rings is 2. The molecule has 0 unspecified atom stereocenters. The van der Waals surface area contributed by atoms with Crippen molar-refractivity contribution < 1.29 is 9.18 Å². The Morgan fingerprint density at radius 2 is 1.90 bits per heavy atom. The lowest BCUT2D eigenvalue weighted by atomic mass is 9.92. The minimum absolute atomic E-state index is 0.0248. The topological polar surface area (TPSA) is 49.0 Å². The van der Waals surface area contributed by atoms with Gasteiger partial charge in [0, 0.05) is 34.9 Å². The molecule has 0 saturated heterocycles. The molecule has 5 rings (SSSR count). The number of aromatic nitrogens is 2. The highest BCUT2D eigenvalue weighted by atomic mass is 32.2. The molecule has 3 heterocycles. The molecule has 0 fully saturated rings. The van der Waals surface area contributed by atoms with Crippen molar-refractivity contribution in [3.05, 3.63) is 95.6 Å². The lowest BCUT2D eigenvalue weighted by molar-refractivity contribution is -0.130. The number of pyridine rings is 1. The van der Waals surface area contributed by atoms with Crippen molar-refractivity contribution in [2.45, 2.75) is 17.5 Å². The third kappa shape index (κ3) is 3.37. The van der Waals surface area contributed by atoms with Gasteiger partial charge in [0.1, 0.15) is 11.9 Å². The number of carbonyl (C=O) groups is 1. The number of H-pyrrole nitrogens is 1. The van der Waals surface area contributed by atoms with Crippen molar-refractivity contribution in [3.63, 3.8) is 0 Å². The highest BCUT2D eigenvalue weighted by Gasteiger charge is 2.35. The number of carbonyl (C=O) groups excluding carboxylic acids is 1. The molecule has 4 nitrogen and oxygen atoms in total. The van der Waals surface area contributed by atoms with Gasteiger partial charge in [-0.25, -0.2) is 9.37 Å². The molecule has 0 saturated carbocycles. The maximum atomic E-state index is 14.8. The molecule has 1 N–H and O–H groups in total. The van der Waals surface area contributed by atoms with Gasteiger partial charge in [0.2, 0.25) is 5.91 Å². The van der Waals surface area contributed by atoms with Crippen LogP contribution in [0.1, 0.15) is 22.9 Å². The van der Waals surface area contributed by atoms with E-state index in [1.165, 1.54) is 23.4 Å². The molecule has 1 amide bonds. The second-order valence-electron chi connectivity index (χ2n) is 7.28. The summed E-state index contributed by atoms with van der Waals surface area (Å²) in [6.45, 7) is 0.551. The highest BCUT2D eigenvalue weighted by molar-refractivity contribution is 7.99. The summed E-state index contributed by atoms with van der Waals surface area (Å²) in [6.07, 6.45) is 2.46. The van der Waals surface area contributed by atoms with E-state index in [-0.39, 0.29) is 17.5 Å².